The van der Waals surface area contributed by atoms with Crippen molar-refractivity contribution in [1.29, 1.82) is 0 Å². The monoisotopic (exact) mass is 346 g/mol. The molecule has 0 aliphatic carbocycles. The fraction of sp³-hybridized carbons (Fsp3) is 0.524. The van der Waals surface area contributed by atoms with E-state index in [1.54, 1.807) is 12.1 Å². The van der Waals surface area contributed by atoms with E-state index in [9.17, 15) is 9.50 Å². The van der Waals surface area contributed by atoms with Crippen LogP contribution in [0.5, 0.6) is 0 Å². The first-order valence-electron chi connectivity index (χ1n) is 9.06. The molecule has 1 N–H and O–H groups in total. The van der Waals surface area contributed by atoms with E-state index in [4.69, 9.17) is 0 Å². The molecule has 0 atom stereocenters. The quantitative estimate of drug-likeness (QED) is 0.733. The first-order valence-corrected chi connectivity index (χ1v) is 9.06. The van der Waals surface area contributed by atoms with Crippen molar-refractivity contribution in [3.05, 3.63) is 59.7 Å². The van der Waals surface area contributed by atoms with E-state index < -0.39 is 0 Å². The zero-order valence-electron chi connectivity index (χ0n) is 15.9. The number of aromatic nitrogens is 1. The summed E-state index contributed by atoms with van der Waals surface area (Å²) < 4.78 is 15.6. The molecule has 2 rings (SSSR count). The summed E-state index contributed by atoms with van der Waals surface area (Å²) in [5.74, 6) is 0.419. The van der Waals surface area contributed by atoms with Crippen LogP contribution in [0.15, 0.2) is 42.6 Å². The van der Waals surface area contributed by atoms with Crippen molar-refractivity contribution in [1.82, 2.24) is 9.47 Å². The largest absolute Gasteiger partial charge is 0.394 e. The smallest absolute Gasteiger partial charge is 0.123 e. The van der Waals surface area contributed by atoms with Crippen LogP contribution in [0.2, 0.25) is 0 Å². The molecule has 0 unspecified atom stereocenters. The number of halogens is 1. The van der Waals surface area contributed by atoms with Crippen LogP contribution in [-0.4, -0.2) is 33.3 Å². The van der Waals surface area contributed by atoms with Gasteiger partial charge in [-0.05, 0) is 62.6 Å². The van der Waals surface area contributed by atoms with E-state index in [0.29, 0.717) is 12.5 Å². The summed E-state index contributed by atoms with van der Waals surface area (Å²) in [5.41, 5.74) is 1.85. The fourth-order valence-corrected chi connectivity index (χ4v) is 2.88. The Kier molecular flexibility index (Phi) is 6.79. The van der Waals surface area contributed by atoms with Crippen molar-refractivity contribution in [2.75, 3.05) is 13.2 Å². The summed E-state index contributed by atoms with van der Waals surface area (Å²) in [6.45, 7) is 11.1. The lowest BCUT2D eigenvalue weighted by atomic mass is 10.0. The van der Waals surface area contributed by atoms with Gasteiger partial charge in [0.25, 0.3) is 0 Å². The van der Waals surface area contributed by atoms with Gasteiger partial charge in [-0.1, -0.05) is 26.0 Å². The van der Waals surface area contributed by atoms with Gasteiger partial charge in [-0.2, -0.15) is 0 Å². The van der Waals surface area contributed by atoms with Gasteiger partial charge >= 0.3 is 0 Å². The van der Waals surface area contributed by atoms with E-state index in [2.05, 4.69) is 43.2 Å². The number of rotatable bonds is 9. The van der Waals surface area contributed by atoms with Gasteiger partial charge in [-0.25, -0.2) is 4.39 Å². The van der Waals surface area contributed by atoms with Crippen LogP contribution in [0.3, 0.4) is 0 Å². The van der Waals surface area contributed by atoms with Gasteiger partial charge in [0.15, 0.2) is 0 Å². The van der Waals surface area contributed by atoms with Gasteiger partial charge in [-0.15, -0.1) is 0 Å². The topological polar surface area (TPSA) is 28.4 Å². The van der Waals surface area contributed by atoms with Crippen molar-refractivity contribution in [3.8, 4) is 0 Å². The zero-order valence-corrected chi connectivity index (χ0v) is 15.9. The summed E-state index contributed by atoms with van der Waals surface area (Å²) in [6.07, 6.45) is 3.13. The number of hydrogen-bond donors (Lipinski definition) is 1. The Hall–Kier alpha value is -1.65. The molecule has 1 aromatic carbocycles. The third kappa shape index (κ3) is 5.68. The first-order chi connectivity index (χ1) is 11.8. The maximum atomic E-state index is 13.4. The average molecular weight is 346 g/mol. The van der Waals surface area contributed by atoms with Crippen LogP contribution in [-0.2, 0) is 13.1 Å². The Balaban J connectivity index is 2.15. The zero-order chi connectivity index (χ0) is 18.4. The SMILES string of the molecule is CC(C)CCN(Cc1cccn1Cc1cccc(F)c1)C(C)(C)CO. The number of aliphatic hydroxyl groups excluding tert-OH is 1. The molecule has 1 heterocycles. The standard InChI is InChI=1S/C21H31FN2O/c1-17(2)10-12-24(21(3,4)16-25)15-20-9-6-11-23(20)14-18-7-5-8-19(22)13-18/h5-9,11,13,17,25H,10,12,14-16H2,1-4H3. The maximum absolute atomic E-state index is 13.4. The molecule has 138 valence electrons. The number of aliphatic hydroxyl groups is 1. The second-order valence-corrected chi connectivity index (χ2v) is 7.83. The molecule has 0 saturated heterocycles. The van der Waals surface area contributed by atoms with Gasteiger partial charge in [0.2, 0.25) is 0 Å². The molecule has 0 saturated carbocycles. The highest BCUT2D eigenvalue weighted by Gasteiger charge is 2.26. The number of hydrogen-bond acceptors (Lipinski definition) is 2. The summed E-state index contributed by atoms with van der Waals surface area (Å²) in [7, 11) is 0. The van der Waals surface area contributed by atoms with Crippen LogP contribution in [0.25, 0.3) is 0 Å². The second kappa shape index (κ2) is 8.63. The van der Waals surface area contributed by atoms with Crippen LogP contribution in [0, 0.1) is 11.7 Å². The summed E-state index contributed by atoms with van der Waals surface area (Å²) >= 11 is 0. The minimum Gasteiger partial charge on any atom is -0.394 e. The molecule has 0 radical (unpaired) electrons. The molecular formula is C21H31FN2O. The Morgan fingerprint density at radius 3 is 2.60 bits per heavy atom. The number of nitrogens with zero attached hydrogens (tertiary/aromatic N) is 2. The van der Waals surface area contributed by atoms with Gasteiger partial charge in [0, 0.05) is 30.5 Å². The third-order valence-electron chi connectivity index (χ3n) is 4.74. The molecule has 0 aliphatic rings. The van der Waals surface area contributed by atoms with Crippen molar-refractivity contribution in [2.45, 2.75) is 52.7 Å². The van der Waals surface area contributed by atoms with Crippen molar-refractivity contribution < 1.29 is 9.50 Å². The van der Waals surface area contributed by atoms with E-state index in [0.717, 1.165) is 25.1 Å². The molecule has 4 heteroatoms. The fourth-order valence-electron chi connectivity index (χ4n) is 2.88. The normalized spacial score (nSPS) is 12.3. The molecule has 0 fully saturated rings. The van der Waals surface area contributed by atoms with Crippen LogP contribution in [0.4, 0.5) is 4.39 Å². The molecular weight excluding hydrogens is 315 g/mol. The van der Waals surface area contributed by atoms with Gasteiger partial charge in [0.1, 0.15) is 5.82 Å². The average Bonchev–Trinajstić information content (AvgIpc) is 2.98. The minimum absolute atomic E-state index is 0.121. The predicted molar refractivity (Wildman–Crippen MR) is 101 cm³/mol. The predicted octanol–water partition coefficient (Wildman–Crippen LogP) is 4.29. The first kappa shape index (κ1) is 19.7. The highest BCUT2D eigenvalue weighted by Crippen LogP contribution is 2.20. The molecule has 0 spiro atoms. The van der Waals surface area contributed by atoms with E-state index in [-0.39, 0.29) is 18.0 Å². The van der Waals surface area contributed by atoms with E-state index in [1.165, 1.54) is 11.8 Å². The van der Waals surface area contributed by atoms with Crippen molar-refractivity contribution >= 4 is 0 Å². The van der Waals surface area contributed by atoms with Crippen molar-refractivity contribution in [2.24, 2.45) is 5.92 Å². The Morgan fingerprint density at radius 2 is 1.96 bits per heavy atom. The van der Waals surface area contributed by atoms with E-state index >= 15 is 0 Å². The lowest BCUT2D eigenvalue weighted by Crippen LogP contribution is -2.47. The molecule has 0 aliphatic heterocycles. The van der Waals surface area contributed by atoms with E-state index in [1.807, 2.05) is 18.3 Å². The highest BCUT2D eigenvalue weighted by atomic mass is 19.1. The molecule has 25 heavy (non-hydrogen) atoms. The Bertz CT molecular complexity index is 663. The Labute approximate surface area is 151 Å². The third-order valence-corrected chi connectivity index (χ3v) is 4.74. The summed E-state index contributed by atoms with van der Waals surface area (Å²) in [6, 6.07) is 10.9. The molecule has 0 bridgehead atoms. The van der Waals surface area contributed by atoms with Gasteiger partial charge < -0.3 is 9.67 Å². The Morgan fingerprint density at radius 1 is 1.20 bits per heavy atom. The summed E-state index contributed by atoms with van der Waals surface area (Å²) in [5, 5.41) is 9.80. The van der Waals surface area contributed by atoms with Gasteiger partial charge in [-0.3, -0.25) is 4.90 Å². The van der Waals surface area contributed by atoms with Crippen LogP contribution >= 0.6 is 0 Å². The van der Waals surface area contributed by atoms with Crippen LogP contribution in [0.1, 0.15) is 45.4 Å². The molecule has 2 aromatic rings. The van der Waals surface area contributed by atoms with Crippen LogP contribution < -0.4 is 0 Å². The second-order valence-electron chi connectivity index (χ2n) is 7.83. The lowest BCUT2D eigenvalue weighted by Gasteiger charge is -2.38. The minimum atomic E-state index is -0.275. The lowest BCUT2D eigenvalue weighted by molar-refractivity contribution is 0.0453. The molecule has 3 nitrogen and oxygen atoms in total. The van der Waals surface area contributed by atoms with Crippen molar-refractivity contribution in [3.63, 3.8) is 0 Å². The molecule has 0 amide bonds. The van der Waals surface area contributed by atoms with Gasteiger partial charge in [0.05, 0.1) is 6.61 Å². The number of benzene rings is 1. The highest BCUT2D eigenvalue weighted by molar-refractivity contribution is 5.19. The molecule has 1 aromatic heterocycles. The maximum Gasteiger partial charge on any atom is 0.123 e. The summed E-state index contributed by atoms with van der Waals surface area (Å²) in [4.78, 5) is 2.34.